The number of piperidine rings is 1. The van der Waals surface area contributed by atoms with Gasteiger partial charge in [0, 0.05) is 49.5 Å². The summed E-state index contributed by atoms with van der Waals surface area (Å²) in [7, 11) is 2.07. The number of rotatable bonds is 9. The van der Waals surface area contributed by atoms with Crippen LogP contribution >= 0.6 is 11.6 Å². The van der Waals surface area contributed by atoms with Gasteiger partial charge in [-0.15, -0.1) is 0 Å². The van der Waals surface area contributed by atoms with Gasteiger partial charge in [-0.2, -0.15) is 5.10 Å². The summed E-state index contributed by atoms with van der Waals surface area (Å²) in [6, 6.07) is 8.08. The second kappa shape index (κ2) is 14.7. The van der Waals surface area contributed by atoms with Gasteiger partial charge in [-0.1, -0.05) is 46.2 Å². The van der Waals surface area contributed by atoms with Crippen LogP contribution in [0.3, 0.4) is 0 Å². The smallest absolute Gasteiger partial charge is 0.251 e. The standard InChI is InChI=1S/C33H39ClFN5O3.C2H6/c1-33(2,3)19-39(4)17-27-23(14-28(34)31-26(27)16-36-38-31)11-20(18-41)12-30(42)40-9-7-21(8-10-40)25-13-22-5-6-24(35)15-29(22)37-32(25)43;1-2/h5-6,13-16,18,20-21H,7-12,17,19H2,1-4H3,(H,36,38)(H,37,43);1-2H3. The highest BCUT2D eigenvalue weighted by atomic mass is 35.5. The first-order valence-corrected chi connectivity index (χ1v) is 16.2. The number of likely N-dealkylation sites (tertiary alicyclic amines) is 1. The van der Waals surface area contributed by atoms with Crippen molar-refractivity contribution in [3.63, 3.8) is 0 Å². The van der Waals surface area contributed by atoms with Crippen molar-refractivity contribution >= 4 is 45.6 Å². The minimum absolute atomic E-state index is 0.000552. The number of carbonyl (C=O) groups excluding carboxylic acids is 2. The Morgan fingerprint density at radius 1 is 1.20 bits per heavy atom. The summed E-state index contributed by atoms with van der Waals surface area (Å²) in [5.41, 5.74) is 3.79. The molecule has 0 aliphatic carbocycles. The molecule has 0 bridgehead atoms. The molecule has 0 radical (unpaired) electrons. The molecule has 5 rings (SSSR count). The fourth-order valence-electron chi connectivity index (χ4n) is 6.42. The topological polar surface area (TPSA) is 102 Å². The summed E-state index contributed by atoms with van der Waals surface area (Å²) in [6.07, 6.45) is 4.44. The number of pyridine rings is 1. The van der Waals surface area contributed by atoms with Crippen molar-refractivity contribution in [3.05, 3.63) is 74.4 Å². The molecule has 0 spiro atoms. The van der Waals surface area contributed by atoms with Crippen LogP contribution in [0.4, 0.5) is 4.39 Å². The maximum absolute atomic E-state index is 13.6. The molecule has 1 unspecified atom stereocenters. The Morgan fingerprint density at radius 3 is 2.58 bits per heavy atom. The Balaban J connectivity index is 0.00000226. The largest absolute Gasteiger partial charge is 0.343 e. The van der Waals surface area contributed by atoms with E-state index in [2.05, 4.69) is 47.9 Å². The van der Waals surface area contributed by atoms with Gasteiger partial charge in [-0.3, -0.25) is 14.7 Å². The molecule has 1 aliphatic heterocycles. The number of amides is 1. The number of hydrogen-bond donors (Lipinski definition) is 2. The van der Waals surface area contributed by atoms with E-state index in [-0.39, 0.29) is 29.2 Å². The molecule has 1 atom stereocenters. The highest BCUT2D eigenvalue weighted by molar-refractivity contribution is 6.35. The van der Waals surface area contributed by atoms with Crippen LogP contribution in [0.15, 0.2) is 41.3 Å². The molecule has 1 saturated heterocycles. The lowest BCUT2D eigenvalue weighted by molar-refractivity contribution is -0.134. The lowest BCUT2D eigenvalue weighted by atomic mass is 9.88. The van der Waals surface area contributed by atoms with Gasteiger partial charge in [0.05, 0.1) is 22.3 Å². The quantitative estimate of drug-likeness (QED) is 0.195. The first kappa shape index (κ1) is 34.3. The van der Waals surface area contributed by atoms with Crippen molar-refractivity contribution in [2.45, 2.75) is 72.8 Å². The average Bonchev–Trinajstić information content (AvgIpc) is 3.49. The number of nitrogens with one attached hydrogen (secondary N) is 2. The summed E-state index contributed by atoms with van der Waals surface area (Å²) < 4.78 is 13.6. The van der Waals surface area contributed by atoms with Crippen LogP contribution in [-0.4, -0.2) is 63.9 Å². The maximum atomic E-state index is 13.6. The van der Waals surface area contributed by atoms with Gasteiger partial charge < -0.3 is 19.6 Å². The number of halogens is 2. The van der Waals surface area contributed by atoms with E-state index in [0.717, 1.165) is 40.2 Å². The molecule has 3 heterocycles. The van der Waals surface area contributed by atoms with E-state index in [0.29, 0.717) is 55.0 Å². The Kier molecular flexibility index (Phi) is 11.2. The second-order valence-corrected chi connectivity index (χ2v) is 13.5. The molecule has 0 saturated carbocycles. The molecule has 8 nitrogen and oxygen atoms in total. The van der Waals surface area contributed by atoms with Gasteiger partial charge >= 0.3 is 0 Å². The number of fused-ring (bicyclic) bond motifs is 2. The fraction of sp³-hybridized carbons (Fsp3) is 0.486. The molecule has 1 amide bonds. The lowest BCUT2D eigenvalue weighted by Gasteiger charge is -2.32. The van der Waals surface area contributed by atoms with Crippen LogP contribution in [0, 0.1) is 17.2 Å². The van der Waals surface area contributed by atoms with E-state index >= 15 is 0 Å². The number of nitrogens with zero attached hydrogens (tertiary/aromatic N) is 3. The number of carbonyl (C=O) groups is 2. The molecule has 242 valence electrons. The number of hydrogen-bond acceptors (Lipinski definition) is 5. The summed E-state index contributed by atoms with van der Waals surface area (Å²) in [5, 5.41) is 9.44. The molecule has 2 N–H and O–H groups in total. The molecule has 2 aromatic heterocycles. The van der Waals surface area contributed by atoms with Crippen LogP contribution < -0.4 is 5.56 Å². The normalized spacial score (nSPS) is 14.9. The lowest BCUT2D eigenvalue weighted by Crippen LogP contribution is -2.39. The van der Waals surface area contributed by atoms with E-state index in [1.165, 1.54) is 12.1 Å². The van der Waals surface area contributed by atoms with E-state index in [4.69, 9.17) is 11.6 Å². The first-order valence-electron chi connectivity index (χ1n) is 15.8. The minimum atomic E-state index is -0.499. The molecule has 1 aliphatic rings. The third-order valence-electron chi connectivity index (χ3n) is 8.30. The van der Waals surface area contributed by atoms with Crippen LogP contribution in [-0.2, 0) is 22.6 Å². The maximum Gasteiger partial charge on any atom is 0.251 e. The van der Waals surface area contributed by atoms with E-state index in [9.17, 15) is 18.8 Å². The fourth-order valence-corrected chi connectivity index (χ4v) is 6.70. The summed E-state index contributed by atoms with van der Waals surface area (Å²) in [5.74, 6) is -0.965. The SMILES string of the molecule is CC.CN(Cc1c(CC(C=O)CC(=O)N2CCC(c3cc4ccc(F)cc4[nH]c3=O)CC2)cc(Cl)c2[nH]ncc12)CC(C)(C)C. The van der Waals surface area contributed by atoms with E-state index in [1.807, 2.05) is 26.0 Å². The van der Waals surface area contributed by atoms with Crippen molar-refractivity contribution in [1.82, 2.24) is 25.0 Å². The molecule has 4 aromatic rings. The Labute approximate surface area is 269 Å². The first-order chi connectivity index (χ1) is 21.4. The van der Waals surface area contributed by atoms with Crippen LogP contribution in [0.25, 0.3) is 21.8 Å². The zero-order chi connectivity index (χ0) is 32.9. The predicted molar refractivity (Wildman–Crippen MR) is 179 cm³/mol. The highest BCUT2D eigenvalue weighted by Crippen LogP contribution is 2.32. The zero-order valence-corrected chi connectivity index (χ0v) is 27.9. The second-order valence-electron chi connectivity index (χ2n) is 13.1. The summed E-state index contributed by atoms with van der Waals surface area (Å²) >= 11 is 6.60. The van der Waals surface area contributed by atoms with Crippen molar-refractivity contribution < 1.29 is 14.0 Å². The number of H-pyrrole nitrogens is 2. The molecule has 1 fully saturated rings. The van der Waals surface area contributed by atoms with Gasteiger partial charge in [-0.25, -0.2) is 4.39 Å². The van der Waals surface area contributed by atoms with Gasteiger partial charge in [0.15, 0.2) is 0 Å². The van der Waals surface area contributed by atoms with Crippen molar-refractivity contribution in [2.75, 3.05) is 26.7 Å². The highest BCUT2D eigenvalue weighted by Gasteiger charge is 2.28. The predicted octanol–water partition coefficient (Wildman–Crippen LogP) is 6.85. The minimum Gasteiger partial charge on any atom is -0.343 e. The van der Waals surface area contributed by atoms with Crippen LogP contribution in [0.5, 0.6) is 0 Å². The number of aldehydes is 1. The van der Waals surface area contributed by atoms with Gasteiger partial charge in [0.25, 0.3) is 5.56 Å². The summed E-state index contributed by atoms with van der Waals surface area (Å²) in [4.78, 5) is 45.2. The van der Waals surface area contributed by atoms with Gasteiger partial charge in [0.1, 0.15) is 12.1 Å². The Morgan fingerprint density at radius 2 is 1.91 bits per heavy atom. The van der Waals surface area contributed by atoms with Gasteiger partial charge in [0.2, 0.25) is 5.91 Å². The van der Waals surface area contributed by atoms with Crippen molar-refractivity contribution in [1.29, 1.82) is 0 Å². The van der Waals surface area contributed by atoms with E-state index in [1.54, 1.807) is 17.2 Å². The number of aromatic nitrogens is 3. The monoisotopic (exact) mass is 637 g/mol. The zero-order valence-electron chi connectivity index (χ0n) is 27.2. The van der Waals surface area contributed by atoms with Crippen molar-refractivity contribution in [3.8, 4) is 0 Å². The average molecular weight is 638 g/mol. The van der Waals surface area contributed by atoms with Gasteiger partial charge in [-0.05, 0) is 84.5 Å². The molecular formula is C35H45ClFN5O3. The molecule has 45 heavy (non-hydrogen) atoms. The Bertz CT molecular complexity index is 1700. The molecule has 2 aromatic carbocycles. The van der Waals surface area contributed by atoms with Crippen LogP contribution in [0.2, 0.25) is 5.02 Å². The third-order valence-corrected chi connectivity index (χ3v) is 8.60. The summed E-state index contributed by atoms with van der Waals surface area (Å²) in [6.45, 7) is 13.1. The Hall–Kier alpha value is -3.56. The number of benzene rings is 2. The molecule has 10 heteroatoms. The molecular weight excluding hydrogens is 593 g/mol. The number of aromatic amines is 2. The van der Waals surface area contributed by atoms with E-state index < -0.39 is 11.7 Å². The third kappa shape index (κ3) is 8.38. The van der Waals surface area contributed by atoms with Crippen LogP contribution in [0.1, 0.15) is 76.5 Å². The van der Waals surface area contributed by atoms with Crippen molar-refractivity contribution in [2.24, 2.45) is 11.3 Å².